The molecule has 0 unspecified atom stereocenters. The lowest BCUT2D eigenvalue weighted by atomic mass is 9.88. The van der Waals surface area contributed by atoms with E-state index in [1.54, 1.807) is 0 Å². The fourth-order valence-corrected chi connectivity index (χ4v) is 2.84. The van der Waals surface area contributed by atoms with E-state index < -0.39 is 28.7 Å². The highest BCUT2D eigenvalue weighted by molar-refractivity contribution is 5.92. The third-order valence-electron chi connectivity index (χ3n) is 4.59. The van der Waals surface area contributed by atoms with Gasteiger partial charge in [-0.15, -0.1) is 0 Å². The Bertz CT molecular complexity index is 942. The minimum absolute atomic E-state index is 0.0254. The molecule has 29 heavy (non-hydrogen) atoms. The lowest BCUT2D eigenvalue weighted by Gasteiger charge is -2.32. The number of phenolic OH excluding ortho intramolecular Hbond substituents is 4. The molecule has 0 aliphatic heterocycles. The van der Waals surface area contributed by atoms with Crippen molar-refractivity contribution < 1.29 is 35.1 Å². The van der Waals surface area contributed by atoms with Crippen molar-refractivity contribution in [1.82, 2.24) is 5.32 Å². The summed E-state index contributed by atoms with van der Waals surface area (Å²) < 4.78 is 0. The molecule has 0 heterocycles. The fraction of sp³-hybridized carbons (Fsp3) is 0.300. The molecule has 1 amide bonds. The van der Waals surface area contributed by atoms with Gasteiger partial charge < -0.3 is 36.6 Å². The second-order valence-corrected chi connectivity index (χ2v) is 7.51. The Kier molecular flexibility index (Phi) is 5.93. The number of nitrogens with two attached hydrogens (primary N) is 1. The summed E-state index contributed by atoms with van der Waals surface area (Å²) in [4.78, 5) is 24.6. The molecule has 0 radical (unpaired) electrons. The molecule has 9 heteroatoms. The van der Waals surface area contributed by atoms with Crippen molar-refractivity contribution in [2.45, 2.75) is 37.8 Å². The molecule has 0 spiro atoms. The van der Waals surface area contributed by atoms with Gasteiger partial charge in [-0.1, -0.05) is 12.1 Å². The Morgan fingerprint density at radius 3 is 1.72 bits per heavy atom. The van der Waals surface area contributed by atoms with Crippen LogP contribution in [0, 0.1) is 0 Å². The third-order valence-corrected chi connectivity index (χ3v) is 4.59. The molecule has 2 aromatic carbocycles. The number of rotatable bonds is 7. The van der Waals surface area contributed by atoms with Crippen molar-refractivity contribution in [3.8, 4) is 23.0 Å². The minimum Gasteiger partial charge on any atom is -0.504 e. The molecular formula is C20H24N2O7. The molecule has 0 saturated carbocycles. The maximum atomic E-state index is 12.8. The van der Waals surface area contributed by atoms with E-state index in [0.717, 1.165) is 0 Å². The molecule has 2 rings (SSSR count). The molecule has 156 valence electrons. The topological polar surface area (TPSA) is 173 Å². The number of carbonyl (C=O) groups is 2. The highest BCUT2D eigenvalue weighted by Crippen LogP contribution is 2.28. The van der Waals surface area contributed by atoms with Crippen LogP contribution in [-0.2, 0) is 22.4 Å². The number of carboxylic acids is 1. The first-order valence-corrected chi connectivity index (χ1v) is 8.71. The van der Waals surface area contributed by atoms with E-state index in [-0.39, 0.29) is 30.1 Å². The first-order valence-electron chi connectivity index (χ1n) is 8.71. The van der Waals surface area contributed by atoms with Gasteiger partial charge in [-0.2, -0.15) is 0 Å². The first kappa shape index (κ1) is 21.8. The standard InChI is InChI=1S/C20H24N2O7/c1-19(21,9-11-3-5-13(23)15(25)7-11)17(27)22-20(2,18(28)29)10-12-4-6-14(24)16(26)8-12/h3-8,23-26H,9-10,21H2,1-2H3,(H,22,27)(H,28,29)/t19-,20-/m0/s1. The number of carboxylic acid groups (broad SMARTS) is 1. The molecule has 0 aliphatic carbocycles. The second-order valence-electron chi connectivity index (χ2n) is 7.51. The lowest BCUT2D eigenvalue weighted by Crippen LogP contribution is -2.62. The maximum Gasteiger partial charge on any atom is 0.329 e. The van der Waals surface area contributed by atoms with Crippen LogP contribution in [0.25, 0.3) is 0 Å². The molecule has 2 atom stereocenters. The number of aromatic hydroxyl groups is 4. The highest BCUT2D eigenvalue weighted by atomic mass is 16.4. The van der Waals surface area contributed by atoms with Crippen molar-refractivity contribution in [3.05, 3.63) is 47.5 Å². The zero-order valence-electron chi connectivity index (χ0n) is 16.0. The van der Waals surface area contributed by atoms with Crippen LogP contribution in [0.2, 0.25) is 0 Å². The summed E-state index contributed by atoms with van der Waals surface area (Å²) in [5.74, 6) is -3.47. The number of amides is 1. The van der Waals surface area contributed by atoms with Gasteiger partial charge in [0.15, 0.2) is 23.0 Å². The Balaban J connectivity index is 2.21. The zero-order valence-corrected chi connectivity index (χ0v) is 16.0. The molecule has 0 saturated heterocycles. The molecule has 0 aromatic heterocycles. The Morgan fingerprint density at radius 1 is 0.862 bits per heavy atom. The van der Waals surface area contributed by atoms with Crippen LogP contribution in [0.4, 0.5) is 0 Å². The van der Waals surface area contributed by atoms with Crippen LogP contribution in [-0.4, -0.2) is 48.5 Å². The first-order chi connectivity index (χ1) is 13.3. The van der Waals surface area contributed by atoms with Gasteiger partial charge in [0.25, 0.3) is 0 Å². The molecule has 8 N–H and O–H groups in total. The van der Waals surface area contributed by atoms with Crippen molar-refractivity contribution >= 4 is 11.9 Å². The van der Waals surface area contributed by atoms with Gasteiger partial charge in [0, 0.05) is 6.42 Å². The van der Waals surface area contributed by atoms with Gasteiger partial charge >= 0.3 is 5.97 Å². The average molecular weight is 404 g/mol. The smallest absolute Gasteiger partial charge is 0.329 e. The molecule has 9 nitrogen and oxygen atoms in total. The maximum absolute atomic E-state index is 12.8. The summed E-state index contributed by atoms with van der Waals surface area (Å²) in [7, 11) is 0. The number of aliphatic carboxylic acids is 1. The van der Waals surface area contributed by atoms with Crippen LogP contribution in [0.1, 0.15) is 25.0 Å². The molecule has 0 bridgehead atoms. The average Bonchev–Trinajstić information content (AvgIpc) is 2.61. The van der Waals surface area contributed by atoms with Crippen LogP contribution in [0.5, 0.6) is 23.0 Å². The van der Waals surface area contributed by atoms with Crippen molar-refractivity contribution in [1.29, 1.82) is 0 Å². The van der Waals surface area contributed by atoms with E-state index in [4.69, 9.17) is 5.73 Å². The Hall–Kier alpha value is -3.46. The van der Waals surface area contributed by atoms with Crippen LogP contribution in [0.3, 0.4) is 0 Å². The van der Waals surface area contributed by atoms with Gasteiger partial charge in [-0.25, -0.2) is 4.79 Å². The predicted molar refractivity (Wildman–Crippen MR) is 104 cm³/mol. The number of nitrogens with one attached hydrogen (secondary N) is 1. The van der Waals surface area contributed by atoms with E-state index in [1.807, 2.05) is 0 Å². The van der Waals surface area contributed by atoms with Crippen molar-refractivity contribution in [2.24, 2.45) is 5.73 Å². The predicted octanol–water partition coefficient (Wildman–Crippen LogP) is 0.971. The van der Waals surface area contributed by atoms with E-state index in [1.165, 1.54) is 50.2 Å². The van der Waals surface area contributed by atoms with Crippen LogP contribution < -0.4 is 11.1 Å². The van der Waals surface area contributed by atoms with Gasteiger partial charge in [-0.3, -0.25) is 4.79 Å². The summed E-state index contributed by atoms with van der Waals surface area (Å²) in [6, 6.07) is 7.88. The number of carbonyl (C=O) groups excluding carboxylic acids is 1. The van der Waals surface area contributed by atoms with Gasteiger partial charge in [0.05, 0.1) is 5.54 Å². The van der Waals surface area contributed by atoms with Gasteiger partial charge in [0.2, 0.25) is 5.91 Å². The fourth-order valence-electron chi connectivity index (χ4n) is 2.84. The quantitative estimate of drug-likeness (QED) is 0.334. The van der Waals surface area contributed by atoms with Crippen molar-refractivity contribution in [3.63, 3.8) is 0 Å². The van der Waals surface area contributed by atoms with Crippen LogP contribution in [0.15, 0.2) is 36.4 Å². The number of hydrogen-bond donors (Lipinski definition) is 7. The number of benzene rings is 2. The van der Waals surface area contributed by atoms with Crippen molar-refractivity contribution in [2.75, 3.05) is 0 Å². The number of hydrogen-bond acceptors (Lipinski definition) is 7. The molecular weight excluding hydrogens is 380 g/mol. The summed E-state index contributed by atoms with van der Waals surface area (Å²) in [6.45, 7) is 2.72. The van der Waals surface area contributed by atoms with E-state index in [2.05, 4.69) is 5.32 Å². The highest BCUT2D eigenvalue weighted by Gasteiger charge is 2.40. The van der Waals surface area contributed by atoms with E-state index >= 15 is 0 Å². The Morgan fingerprint density at radius 2 is 1.31 bits per heavy atom. The zero-order chi connectivity index (χ0) is 22.0. The summed E-state index contributed by atoms with van der Waals surface area (Å²) >= 11 is 0. The molecule has 0 aliphatic rings. The monoisotopic (exact) mass is 404 g/mol. The lowest BCUT2D eigenvalue weighted by molar-refractivity contribution is -0.147. The van der Waals surface area contributed by atoms with Crippen LogP contribution >= 0.6 is 0 Å². The Labute approximate surface area is 167 Å². The molecule has 0 fully saturated rings. The van der Waals surface area contributed by atoms with Gasteiger partial charge in [-0.05, 0) is 55.7 Å². The van der Waals surface area contributed by atoms with E-state index in [0.29, 0.717) is 11.1 Å². The minimum atomic E-state index is -1.74. The second kappa shape index (κ2) is 7.88. The third kappa shape index (κ3) is 5.08. The molecule has 2 aromatic rings. The van der Waals surface area contributed by atoms with Gasteiger partial charge in [0.1, 0.15) is 5.54 Å². The van der Waals surface area contributed by atoms with E-state index in [9.17, 15) is 35.1 Å². The summed E-state index contributed by atoms with van der Waals surface area (Å²) in [5, 5.41) is 50.1. The summed E-state index contributed by atoms with van der Waals surface area (Å²) in [5.41, 5.74) is 3.70. The number of phenols is 4. The SMILES string of the molecule is C[C@](N)(Cc1ccc(O)c(O)c1)C(=O)N[C@@](C)(Cc1ccc(O)c(O)c1)C(=O)O. The summed E-state index contributed by atoms with van der Waals surface area (Å²) in [6.07, 6.45) is -0.194. The normalized spacial score (nSPS) is 15.1. The largest absolute Gasteiger partial charge is 0.504 e.